The molecule has 1 saturated heterocycles. The summed E-state index contributed by atoms with van der Waals surface area (Å²) in [5.74, 6) is -1.43. The van der Waals surface area contributed by atoms with E-state index in [1.165, 1.54) is 14.2 Å². The first-order valence-corrected chi connectivity index (χ1v) is 12.7. The van der Waals surface area contributed by atoms with Gasteiger partial charge in [-0.3, -0.25) is 4.57 Å². The Morgan fingerprint density at radius 3 is 2.03 bits per heavy atom. The van der Waals surface area contributed by atoms with Crippen LogP contribution in [0.3, 0.4) is 0 Å². The third-order valence-electron chi connectivity index (χ3n) is 6.38. The second-order valence-electron chi connectivity index (χ2n) is 8.10. The molecule has 33 heavy (non-hydrogen) atoms. The van der Waals surface area contributed by atoms with Crippen LogP contribution in [0.4, 0.5) is 0 Å². The van der Waals surface area contributed by atoms with Crippen LogP contribution >= 0.6 is 7.60 Å². The summed E-state index contributed by atoms with van der Waals surface area (Å²) in [6, 6.07) is 6.94. The van der Waals surface area contributed by atoms with Crippen molar-refractivity contribution in [1.29, 1.82) is 0 Å². The average molecular weight is 474 g/mol. The smallest absolute Gasteiger partial charge is 0.362 e. The molecule has 7 nitrogen and oxygen atoms in total. The zero-order chi connectivity index (χ0) is 24.2. The predicted molar refractivity (Wildman–Crippen MR) is 128 cm³/mol. The fraction of sp³-hybridized carbons (Fsp3) is 0.440. The molecule has 1 heterocycles. The van der Waals surface area contributed by atoms with Gasteiger partial charge >= 0.3 is 19.5 Å². The van der Waals surface area contributed by atoms with Gasteiger partial charge in [-0.2, -0.15) is 0 Å². The molecule has 1 fully saturated rings. The summed E-state index contributed by atoms with van der Waals surface area (Å²) < 4.78 is 36.3. The summed E-state index contributed by atoms with van der Waals surface area (Å²) in [7, 11) is -1.36. The van der Waals surface area contributed by atoms with Gasteiger partial charge in [0.1, 0.15) is 0 Å². The molecular formula is C25H31O7P. The fourth-order valence-electron chi connectivity index (χ4n) is 4.07. The molecule has 0 amide bonds. The number of rotatable bonds is 7. The van der Waals surface area contributed by atoms with Crippen molar-refractivity contribution in [3.63, 3.8) is 0 Å². The number of ether oxygens (including phenoxy) is 2. The van der Waals surface area contributed by atoms with Gasteiger partial charge in [0.15, 0.2) is 0 Å². The third-order valence-corrected chi connectivity index (χ3v) is 8.35. The van der Waals surface area contributed by atoms with Gasteiger partial charge in [0.05, 0.1) is 43.9 Å². The van der Waals surface area contributed by atoms with Crippen molar-refractivity contribution in [3.8, 4) is 0 Å². The molecule has 0 saturated carbocycles. The quantitative estimate of drug-likeness (QED) is 0.386. The van der Waals surface area contributed by atoms with Gasteiger partial charge < -0.3 is 18.5 Å². The number of hydrogen-bond acceptors (Lipinski definition) is 7. The lowest BCUT2D eigenvalue weighted by atomic mass is 9.84. The molecule has 3 rings (SSSR count). The Kier molecular flexibility index (Phi) is 7.78. The van der Waals surface area contributed by atoms with E-state index in [9.17, 15) is 14.2 Å². The first-order chi connectivity index (χ1) is 15.8. The SMILES string of the molecule is CC/C=C/c1c(C(=O)OC)c(C(=O)OC)c2ccccc2c1P1(=O)OCC(CC)(CC)CO1. The minimum absolute atomic E-state index is 0.0204. The minimum Gasteiger partial charge on any atom is -0.465 e. The van der Waals surface area contributed by atoms with Crippen LogP contribution in [0.2, 0.25) is 0 Å². The first kappa shape index (κ1) is 25.2. The highest BCUT2D eigenvalue weighted by molar-refractivity contribution is 7.63. The number of fused-ring (bicyclic) bond motifs is 1. The number of hydrogen-bond donors (Lipinski definition) is 0. The van der Waals surface area contributed by atoms with Crippen molar-refractivity contribution in [3.05, 3.63) is 47.0 Å². The summed E-state index contributed by atoms with van der Waals surface area (Å²) in [6.07, 6.45) is 5.79. The molecule has 0 unspecified atom stereocenters. The van der Waals surface area contributed by atoms with Crippen molar-refractivity contribution < 1.29 is 32.7 Å². The first-order valence-electron chi connectivity index (χ1n) is 11.1. The predicted octanol–water partition coefficient (Wildman–Crippen LogP) is 5.51. The maximum absolute atomic E-state index is 14.2. The van der Waals surface area contributed by atoms with Gasteiger partial charge in [-0.25, -0.2) is 9.59 Å². The second-order valence-corrected chi connectivity index (χ2v) is 10.1. The number of benzene rings is 2. The van der Waals surface area contributed by atoms with Gasteiger partial charge in [0.2, 0.25) is 0 Å². The largest absolute Gasteiger partial charge is 0.465 e. The lowest BCUT2D eigenvalue weighted by Gasteiger charge is -2.39. The lowest BCUT2D eigenvalue weighted by Crippen LogP contribution is -2.37. The van der Waals surface area contributed by atoms with Crippen LogP contribution in [-0.4, -0.2) is 39.4 Å². The van der Waals surface area contributed by atoms with Crippen molar-refractivity contribution in [2.24, 2.45) is 5.41 Å². The number of methoxy groups -OCH3 is 2. The molecule has 2 aromatic carbocycles. The highest BCUT2D eigenvalue weighted by atomic mass is 31.2. The van der Waals surface area contributed by atoms with Crippen molar-refractivity contribution in [2.45, 2.75) is 40.0 Å². The number of carbonyl (C=O) groups is 2. The topological polar surface area (TPSA) is 88.1 Å². The molecule has 8 heteroatoms. The van der Waals surface area contributed by atoms with E-state index < -0.39 is 19.5 Å². The number of allylic oxidation sites excluding steroid dienone is 1. The van der Waals surface area contributed by atoms with Crippen LogP contribution < -0.4 is 5.30 Å². The van der Waals surface area contributed by atoms with Crippen molar-refractivity contribution >= 4 is 41.7 Å². The molecule has 178 valence electrons. The van der Waals surface area contributed by atoms with E-state index in [-0.39, 0.29) is 40.6 Å². The Morgan fingerprint density at radius 1 is 0.970 bits per heavy atom. The molecule has 2 aromatic rings. The Bertz CT molecular complexity index is 1120. The van der Waals surface area contributed by atoms with Gasteiger partial charge in [-0.05, 0) is 30.0 Å². The van der Waals surface area contributed by atoms with Gasteiger partial charge in [-0.15, -0.1) is 0 Å². The summed E-state index contributed by atoms with van der Waals surface area (Å²) in [5.41, 5.74) is 0.0967. The van der Waals surface area contributed by atoms with Crippen LogP contribution in [0.5, 0.6) is 0 Å². The summed E-state index contributed by atoms with van der Waals surface area (Å²) in [6.45, 7) is 6.59. The Balaban J connectivity index is 2.42. The summed E-state index contributed by atoms with van der Waals surface area (Å²) >= 11 is 0. The van der Waals surface area contributed by atoms with Crippen LogP contribution in [-0.2, 0) is 23.1 Å². The van der Waals surface area contributed by atoms with E-state index in [0.717, 1.165) is 12.8 Å². The molecule has 0 bridgehead atoms. The molecule has 0 aliphatic carbocycles. The van der Waals surface area contributed by atoms with Crippen LogP contribution in [0.25, 0.3) is 16.8 Å². The van der Waals surface area contributed by atoms with Gasteiger partial charge in [0, 0.05) is 11.0 Å². The highest BCUT2D eigenvalue weighted by Crippen LogP contribution is 2.56. The molecule has 0 radical (unpaired) electrons. The molecule has 1 aliphatic heterocycles. The van der Waals surface area contributed by atoms with E-state index in [1.807, 2.05) is 13.0 Å². The van der Waals surface area contributed by atoms with Crippen molar-refractivity contribution in [2.75, 3.05) is 27.4 Å². The van der Waals surface area contributed by atoms with E-state index in [2.05, 4.69) is 13.8 Å². The Morgan fingerprint density at radius 2 is 1.52 bits per heavy atom. The zero-order valence-corrected chi connectivity index (χ0v) is 20.7. The fourth-order valence-corrected chi connectivity index (χ4v) is 6.26. The molecule has 0 N–H and O–H groups in total. The van der Waals surface area contributed by atoms with E-state index in [4.69, 9.17) is 18.5 Å². The van der Waals surface area contributed by atoms with E-state index in [1.54, 1.807) is 30.3 Å². The van der Waals surface area contributed by atoms with E-state index in [0.29, 0.717) is 17.2 Å². The summed E-state index contributed by atoms with van der Waals surface area (Å²) in [4.78, 5) is 25.8. The Labute approximate surface area is 194 Å². The molecular weight excluding hydrogens is 443 g/mol. The summed E-state index contributed by atoms with van der Waals surface area (Å²) in [5, 5.41) is 1.18. The van der Waals surface area contributed by atoms with Crippen LogP contribution in [0.1, 0.15) is 66.3 Å². The zero-order valence-electron chi connectivity index (χ0n) is 19.8. The van der Waals surface area contributed by atoms with Crippen LogP contribution in [0, 0.1) is 5.41 Å². The molecule has 1 aliphatic rings. The number of carbonyl (C=O) groups excluding carboxylic acids is 2. The van der Waals surface area contributed by atoms with E-state index >= 15 is 0 Å². The highest BCUT2D eigenvalue weighted by Gasteiger charge is 2.44. The molecule has 0 spiro atoms. The molecule has 0 atom stereocenters. The maximum atomic E-state index is 14.2. The van der Waals surface area contributed by atoms with Crippen molar-refractivity contribution in [1.82, 2.24) is 0 Å². The second kappa shape index (κ2) is 10.2. The Hall–Kier alpha value is -2.47. The monoisotopic (exact) mass is 474 g/mol. The molecule has 0 aromatic heterocycles. The third kappa shape index (κ3) is 4.50. The average Bonchev–Trinajstić information content (AvgIpc) is 2.86. The number of esters is 2. The van der Waals surface area contributed by atoms with Gasteiger partial charge in [0.25, 0.3) is 0 Å². The minimum atomic E-state index is -3.84. The maximum Gasteiger partial charge on any atom is 0.362 e. The lowest BCUT2D eigenvalue weighted by molar-refractivity contribution is 0.0158. The normalized spacial score (nSPS) is 17.2. The standard InChI is InChI=1S/C25H31O7P/c1-6-9-12-19-21(24(27)30-5)20(23(26)29-4)17-13-10-11-14-18(17)22(19)33(28)31-15-25(7-2,8-3)16-32-33/h9-14H,6-8,15-16H2,1-5H3/b12-9+. The van der Waals surface area contributed by atoms with Gasteiger partial charge in [-0.1, -0.05) is 57.2 Å². The van der Waals surface area contributed by atoms with Crippen LogP contribution in [0.15, 0.2) is 30.3 Å².